The Bertz CT molecular complexity index is 2240. The summed E-state index contributed by atoms with van der Waals surface area (Å²) >= 11 is 0.848. The molecule has 2 N–H and O–H groups in total. The molecule has 4 aliphatic rings. The number of halogens is 3. The summed E-state index contributed by atoms with van der Waals surface area (Å²) in [7, 11) is 0. The molecule has 55 heavy (non-hydrogen) atoms. The number of alkyl halides is 1. The molecule has 4 aliphatic heterocycles. The molecule has 6 heterocycles. The van der Waals surface area contributed by atoms with Gasteiger partial charge in [-0.3, -0.25) is 10.2 Å². The van der Waals surface area contributed by atoms with Crippen LogP contribution in [0.15, 0.2) is 12.1 Å². The molecule has 13 nitrogen and oxygen atoms in total. The van der Waals surface area contributed by atoms with Gasteiger partial charge in [0.05, 0.1) is 28.9 Å². The fourth-order valence-corrected chi connectivity index (χ4v) is 9.63. The highest BCUT2D eigenvalue weighted by Gasteiger charge is 2.44. The summed E-state index contributed by atoms with van der Waals surface area (Å²) in [5.41, 5.74) is 0.437. The van der Waals surface area contributed by atoms with Crippen molar-refractivity contribution in [2.24, 2.45) is 0 Å². The molecule has 290 valence electrons. The van der Waals surface area contributed by atoms with Gasteiger partial charge in [0.15, 0.2) is 5.82 Å². The number of carbonyl (C=O) groups is 2. The first-order chi connectivity index (χ1) is 26.4. The molecule has 3 atom stereocenters. The predicted molar refractivity (Wildman–Crippen MR) is 198 cm³/mol. The Morgan fingerprint density at radius 1 is 1.11 bits per heavy atom. The van der Waals surface area contributed by atoms with E-state index in [2.05, 4.69) is 21.3 Å². The number of thiophene rings is 1. The molecule has 0 spiro atoms. The minimum atomic E-state index is -1.01. The summed E-state index contributed by atoms with van der Waals surface area (Å²) < 4.78 is 64.1. The highest BCUT2D eigenvalue weighted by atomic mass is 32.1. The van der Waals surface area contributed by atoms with Gasteiger partial charge in [-0.05, 0) is 75.8 Å². The van der Waals surface area contributed by atoms with E-state index >= 15 is 8.78 Å². The average molecular weight is 780 g/mol. The summed E-state index contributed by atoms with van der Waals surface area (Å²) in [4.78, 5) is 39.8. The average Bonchev–Trinajstić information content (AvgIpc) is 3.92. The second-order valence-electron chi connectivity index (χ2n) is 15.3. The van der Waals surface area contributed by atoms with Crippen LogP contribution in [0.25, 0.3) is 32.1 Å². The van der Waals surface area contributed by atoms with Crippen LogP contribution >= 0.6 is 11.3 Å². The quantitative estimate of drug-likeness (QED) is 0.187. The molecule has 0 saturated carbocycles. The Morgan fingerprint density at radius 3 is 2.55 bits per heavy atom. The third-order valence-electron chi connectivity index (χ3n) is 10.8. The Morgan fingerprint density at radius 2 is 1.85 bits per heavy atom. The normalized spacial score (nSPS) is 21.0. The van der Waals surface area contributed by atoms with Crippen molar-refractivity contribution in [2.45, 2.75) is 83.4 Å². The third kappa shape index (κ3) is 6.63. The Kier molecular flexibility index (Phi) is 9.63. The zero-order valence-electron chi connectivity index (χ0n) is 30.6. The summed E-state index contributed by atoms with van der Waals surface area (Å²) in [5.74, 6) is -0.997. The largest absolute Gasteiger partial charge is 0.465 e. The number of rotatable bonds is 8. The number of nitrogens with zero attached hydrogens (tertiary/aromatic N) is 6. The maximum Gasteiger partial charge on any atom is 0.412 e. The lowest BCUT2D eigenvalue weighted by atomic mass is 9.90. The second kappa shape index (κ2) is 14.3. The highest BCUT2D eigenvalue weighted by Crippen LogP contribution is 2.49. The van der Waals surface area contributed by atoms with E-state index in [0.29, 0.717) is 35.2 Å². The van der Waals surface area contributed by atoms with E-state index in [1.54, 1.807) is 20.8 Å². The van der Waals surface area contributed by atoms with Crippen molar-refractivity contribution in [3.05, 3.63) is 40.5 Å². The molecule has 17 heteroatoms. The molecule has 8 rings (SSSR count). The number of ether oxygens (including phenoxy) is 3. The van der Waals surface area contributed by atoms with Gasteiger partial charge in [-0.2, -0.15) is 15.2 Å². The zero-order chi connectivity index (χ0) is 38.8. The van der Waals surface area contributed by atoms with Crippen molar-refractivity contribution < 1.29 is 42.1 Å². The van der Waals surface area contributed by atoms with Gasteiger partial charge in [0.2, 0.25) is 0 Å². The number of amides is 2. The van der Waals surface area contributed by atoms with Crippen molar-refractivity contribution in [1.29, 1.82) is 5.26 Å². The number of carboxylic acid groups (broad SMARTS) is 1. The van der Waals surface area contributed by atoms with Gasteiger partial charge in [-0.15, -0.1) is 11.3 Å². The number of nitriles is 1. The second-order valence-corrected chi connectivity index (χ2v) is 16.4. The lowest BCUT2D eigenvalue weighted by Gasteiger charge is -2.41. The van der Waals surface area contributed by atoms with Crippen LogP contribution in [0.4, 0.5) is 33.6 Å². The van der Waals surface area contributed by atoms with Crippen molar-refractivity contribution in [3.63, 3.8) is 0 Å². The molecule has 3 fully saturated rings. The van der Waals surface area contributed by atoms with Gasteiger partial charge >= 0.3 is 18.2 Å². The molecule has 0 aliphatic carbocycles. The van der Waals surface area contributed by atoms with Gasteiger partial charge in [-0.25, -0.2) is 22.8 Å². The monoisotopic (exact) mass is 779 g/mol. The number of likely N-dealkylation sites (tertiary alicyclic amines) is 2. The predicted octanol–water partition coefficient (Wildman–Crippen LogP) is 7.18. The Balaban J connectivity index is 1.31. The molecule has 2 aromatic carbocycles. The fourth-order valence-electron chi connectivity index (χ4n) is 8.56. The molecule has 0 radical (unpaired) electrons. The SMILES string of the molecule is CC(C)(C)OC(=O)Nc1sc2c(F)ccc(-c3c4c(c5c(N6C7CCC6CN(C(=O)O)C7)nc(OC[C@@H]6CCCN6CCF)nc5c3F)COC4)c2c1C#N. The number of carbonyl (C=O) groups excluding carboxylic acids is 1. The zero-order valence-corrected chi connectivity index (χ0v) is 31.4. The van der Waals surface area contributed by atoms with E-state index < -0.39 is 36.1 Å². The molecule has 2 unspecified atom stereocenters. The van der Waals surface area contributed by atoms with Gasteiger partial charge in [0.25, 0.3) is 0 Å². The van der Waals surface area contributed by atoms with Crippen LogP contribution in [-0.2, 0) is 22.7 Å². The third-order valence-corrected chi connectivity index (χ3v) is 11.9. The Labute approximate surface area is 318 Å². The van der Waals surface area contributed by atoms with Gasteiger partial charge in [0.1, 0.15) is 47.1 Å². The number of fused-ring (bicyclic) bond motifs is 6. The molecule has 4 aromatic rings. The Hall–Kier alpha value is -4.92. The fraction of sp³-hybridized carbons (Fsp3) is 0.500. The van der Waals surface area contributed by atoms with E-state index in [1.807, 2.05) is 4.90 Å². The van der Waals surface area contributed by atoms with Crippen molar-refractivity contribution >= 4 is 55.3 Å². The van der Waals surface area contributed by atoms with Crippen LogP contribution in [0.5, 0.6) is 6.01 Å². The lowest BCUT2D eigenvalue weighted by Crippen LogP contribution is -2.55. The topological polar surface area (TPSA) is 153 Å². The van der Waals surface area contributed by atoms with E-state index in [4.69, 9.17) is 19.2 Å². The van der Waals surface area contributed by atoms with E-state index in [0.717, 1.165) is 30.7 Å². The van der Waals surface area contributed by atoms with E-state index in [-0.39, 0.29) is 101 Å². The first-order valence-corrected chi connectivity index (χ1v) is 19.2. The minimum absolute atomic E-state index is 0.00879. The number of aromatic nitrogens is 2. The smallest absolute Gasteiger partial charge is 0.412 e. The lowest BCUT2D eigenvalue weighted by molar-refractivity contribution is 0.0636. The van der Waals surface area contributed by atoms with Crippen LogP contribution in [0.2, 0.25) is 0 Å². The van der Waals surface area contributed by atoms with E-state index in [1.165, 1.54) is 17.0 Å². The number of hydrogen-bond acceptors (Lipinski definition) is 11. The first-order valence-electron chi connectivity index (χ1n) is 18.3. The van der Waals surface area contributed by atoms with E-state index in [9.17, 15) is 24.3 Å². The molecule has 2 bridgehead atoms. The van der Waals surface area contributed by atoms with Gasteiger partial charge in [-0.1, -0.05) is 6.07 Å². The number of anilines is 2. The van der Waals surface area contributed by atoms with Crippen LogP contribution in [0, 0.1) is 23.0 Å². The summed E-state index contributed by atoms with van der Waals surface area (Å²) in [5, 5.41) is 23.4. The molecular formula is C38H40F3N7O6S. The van der Waals surface area contributed by atoms with Crippen LogP contribution in [0.1, 0.15) is 63.1 Å². The summed E-state index contributed by atoms with van der Waals surface area (Å²) in [6.45, 7) is 6.32. The molecule has 3 saturated heterocycles. The summed E-state index contributed by atoms with van der Waals surface area (Å²) in [6, 6.07) is 4.07. The van der Waals surface area contributed by atoms with Crippen molar-refractivity contribution in [1.82, 2.24) is 19.8 Å². The number of hydrogen-bond donors (Lipinski definition) is 2. The number of benzene rings is 2. The molecular weight excluding hydrogens is 740 g/mol. The molecule has 2 aromatic heterocycles. The standard InChI is InChI=1S/C38H40F3N7O6S/c1-38(2,3)54-36(49)45-34-23(13-42)28-22(8-9-26(40)32(28)55-34)27-24-17-52-18-25(24)29-31(30(27)41)43-35(53-16-21-5-4-11-46(21)12-10-39)44-33(29)48-19-6-7-20(48)15-47(14-19)37(50)51/h8-9,19-21H,4-7,10-12,14-18H2,1-3H3,(H,45,49)(H,50,51)/t19?,20?,21-/m0/s1. The maximum absolute atomic E-state index is 17.7. The van der Waals surface area contributed by atoms with Crippen LogP contribution in [0.3, 0.4) is 0 Å². The van der Waals surface area contributed by atoms with Crippen molar-refractivity contribution in [2.75, 3.05) is 49.7 Å². The van der Waals surface area contributed by atoms with Crippen molar-refractivity contribution in [3.8, 4) is 23.2 Å². The number of nitrogens with one attached hydrogen (secondary N) is 1. The highest BCUT2D eigenvalue weighted by molar-refractivity contribution is 7.23. The maximum atomic E-state index is 17.7. The van der Waals surface area contributed by atoms with Gasteiger partial charge < -0.3 is 29.1 Å². The van der Waals surface area contributed by atoms with Crippen LogP contribution in [-0.4, -0.2) is 100 Å². The first kappa shape index (κ1) is 37.0. The molecule has 2 amide bonds. The minimum Gasteiger partial charge on any atom is -0.465 e. The van der Waals surface area contributed by atoms with Crippen LogP contribution < -0.4 is 15.0 Å². The van der Waals surface area contributed by atoms with Gasteiger partial charge in [0, 0.05) is 48.7 Å². The number of piperazine rings is 1. The summed E-state index contributed by atoms with van der Waals surface area (Å²) in [6.07, 6.45) is 1.25.